The second-order valence-corrected chi connectivity index (χ2v) is 5.35. The fraction of sp³-hybridized carbons (Fsp3) is 0.846. The lowest BCUT2D eigenvalue weighted by atomic mass is 9.78. The molecular weight excluding hydrogens is 248 g/mol. The first-order chi connectivity index (χ1) is 8.93. The topological polar surface area (TPSA) is 87.7 Å². The second-order valence-electron chi connectivity index (χ2n) is 5.35. The van der Waals surface area contributed by atoms with Crippen LogP contribution in [0.1, 0.15) is 26.7 Å². The number of aliphatic carboxylic acids is 1. The van der Waals surface area contributed by atoms with Gasteiger partial charge in [0.1, 0.15) is 0 Å². The average Bonchev–Trinajstić information content (AvgIpc) is 2.38. The van der Waals surface area contributed by atoms with Gasteiger partial charge in [0.2, 0.25) is 5.91 Å². The summed E-state index contributed by atoms with van der Waals surface area (Å²) in [7, 11) is 1.58. The van der Waals surface area contributed by atoms with Crippen molar-refractivity contribution in [2.75, 3.05) is 26.8 Å². The van der Waals surface area contributed by atoms with Crippen molar-refractivity contribution in [3.63, 3.8) is 0 Å². The molecule has 1 aliphatic rings. The minimum atomic E-state index is -0.904. The maximum Gasteiger partial charge on any atom is 0.308 e. The zero-order valence-corrected chi connectivity index (χ0v) is 11.9. The Morgan fingerprint density at radius 2 is 1.95 bits per heavy atom. The van der Waals surface area contributed by atoms with Crippen LogP contribution in [-0.2, 0) is 14.3 Å². The van der Waals surface area contributed by atoms with E-state index in [2.05, 4.69) is 10.6 Å². The Balaban J connectivity index is 2.69. The number of amides is 1. The number of ether oxygens (including phenoxy) is 1. The predicted octanol–water partition coefficient (Wildman–Crippen LogP) is 0.228. The molecular formula is C13H24N2O4. The number of rotatable bonds is 6. The maximum absolute atomic E-state index is 12.4. The number of carboxylic acid groups (broad SMARTS) is 1. The largest absolute Gasteiger partial charge is 0.481 e. The number of carboxylic acids is 1. The van der Waals surface area contributed by atoms with Crippen molar-refractivity contribution in [1.29, 1.82) is 0 Å². The molecule has 0 aromatic rings. The summed E-state index contributed by atoms with van der Waals surface area (Å²) < 4.78 is 5.19. The highest BCUT2D eigenvalue weighted by atomic mass is 16.5. The lowest BCUT2D eigenvalue weighted by Gasteiger charge is -2.36. The van der Waals surface area contributed by atoms with Crippen molar-refractivity contribution >= 4 is 11.9 Å². The molecule has 1 rings (SSSR count). The van der Waals surface area contributed by atoms with Crippen molar-refractivity contribution < 1.29 is 19.4 Å². The minimum absolute atomic E-state index is 0.101. The Bertz CT molecular complexity index is 321. The lowest BCUT2D eigenvalue weighted by molar-refractivity contribution is -0.143. The van der Waals surface area contributed by atoms with Crippen LogP contribution in [0, 0.1) is 11.3 Å². The highest BCUT2D eigenvalue weighted by Gasteiger charge is 2.40. The number of piperidine rings is 1. The lowest BCUT2D eigenvalue weighted by Crippen LogP contribution is -2.53. The van der Waals surface area contributed by atoms with E-state index in [9.17, 15) is 9.59 Å². The summed E-state index contributed by atoms with van der Waals surface area (Å²) in [5, 5.41) is 15.0. The van der Waals surface area contributed by atoms with Gasteiger partial charge in [0.15, 0.2) is 0 Å². The van der Waals surface area contributed by atoms with E-state index in [0.717, 1.165) is 13.1 Å². The van der Waals surface area contributed by atoms with Crippen molar-refractivity contribution in [3.05, 3.63) is 0 Å². The van der Waals surface area contributed by atoms with Crippen LogP contribution in [0.2, 0.25) is 0 Å². The zero-order chi connectivity index (χ0) is 14.5. The van der Waals surface area contributed by atoms with Crippen LogP contribution in [0.15, 0.2) is 0 Å². The molecule has 1 heterocycles. The number of hydrogen-bond acceptors (Lipinski definition) is 4. The Morgan fingerprint density at radius 1 is 1.37 bits per heavy atom. The van der Waals surface area contributed by atoms with Gasteiger partial charge in [-0.15, -0.1) is 0 Å². The van der Waals surface area contributed by atoms with Crippen LogP contribution in [0.4, 0.5) is 0 Å². The molecule has 2 atom stereocenters. The van der Waals surface area contributed by atoms with Crippen LogP contribution in [0.3, 0.4) is 0 Å². The fourth-order valence-corrected chi connectivity index (χ4v) is 2.32. The SMILES string of the molecule is COCC1(C(=O)NC(C)C(C)C(=O)O)CCNCC1. The van der Waals surface area contributed by atoms with Crippen LogP contribution in [0.25, 0.3) is 0 Å². The standard InChI is InChI=1S/C13H24N2O4/c1-9(11(16)17)10(2)15-12(18)13(8-19-3)4-6-14-7-5-13/h9-10,14H,4-8H2,1-3H3,(H,15,18)(H,16,17). The summed E-state index contributed by atoms with van der Waals surface area (Å²) >= 11 is 0. The highest BCUT2D eigenvalue weighted by Crippen LogP contribution is 2.29. The molecule has 0 aromatic carbocycles. The minimum Gasteiger partial charge on any atom is -0.481 e. The maximum atomic E-state index is 12.4. The van der Waals surface area contributed by atoms with Crippen LogP contribution in [-0.4, -0.2) is 49.8 Å². The third-order valence-corrected chi connectivity index (χ3v) is 3.96. The zero-order valence-electron chi connectivity index (χ0n) is 11.9. The molecule has 19 heavy (non-hydrogen) atoms. The number of nitrogens with one attached hydrogen (secondary N) is 2. The molecule has 0 radical (unpaired) electrons. The van der Waals surface area contributed by atoms with E-state index in [1.54, 1.807) is 21.0 Å². The molecule has 110 valence electrons. The van der Waals surface area contributed by atoms with E-state index in [1.807, 2.05) is 0 Å². The summed E-state index contributed by atoms with van der Waals surface area (Å²) in [6, 6.07) is -0.395. The smallest absolute Gasteiger partial charge is 0.308 e. The molecule has 0 saturated carbocycles. The molecule has 0 aliphatic carbocycles. The molecule has 0 spiro atoms. The van der Waals surface area contributed by atoms with E-state index in [1.165, 1.54) is 0 Å². The monoisotopic (exact) mass is 272 g/mol. The molecule has 3 N–H and O–H groups in total. The molecule has 1 amide bonds. The first-order valence-electron chi connectivity index (χ1n) is 6.66. The summed E-state index contributed by atoms with van der Waals surface area (Å²) in [6.45, 7) is 5.24. The molecule has 0 bridgehead atoms. The summed E-state index contributed by atoms with van der Waals surface area (Å²) in [5.41, 5.74) is -0.535. The van der Waals surface area contributed by atoms with Gasteiger partial charge in [-0.1, -0.05) is 0 Å². The Morgan fingerprint density at radius 3 is 2.42 bits per heavy atom. The Kier molecular flexibility index (Phi) is 5.75. The number of carbonyl (C=O) groups is 2. The highest BCUT2D eigenvalue weighted by molar-refractivity contribution is 5.84. The van der Waals surface area contributed by atoms with Gasteiger partial charge in [-0.25, -0.2) is 0 Å². The van der Waals surface area contributed by atoms with Gasteiger partial charge in [-0.05, 0) is 39.8 Å². The summed E-state index contributed by atoms with van der Waals surface area (Å²) in [5.74, 6) is -1.61. The van der Waals surface area contributed by atoms with Gasteiger partial charge in [0.25, 0.3) is 0 Å². The first-order valence-corrected chi connectivity index (χ1v) is 6.66. The van der Waals surface area contributed by atoms with Crippen LogP contribution < -0.4 is 10.6 Å². The van der Waals surface area contributed by atoms with Gasteiger partial charge >= 0.3 is 5.97 Å². The third kappa shape index (κ3) is 3.91. The molecule has 2 unspecified atom stereocenters. The normalized spacial score (nSPS) is 21.4. The van der Waals surface area contributed by atoms with E-state index < -0.39 is 23.3 Å². The van der Waals surface area contributed by atoms with E-state index >= 15 is 0 Å². The quantitative estimate of drug-likeness (QED) is 0.644. The third-order valence-electron chi connectivity index (χ3n) is 3.96. The molecule has 6 heteroatoms. The molecule has 1 fully saturated rings. The number of hydrogen-bond donors (Lipinski definition) is 3. The summed E-state index contributed by atoms with van der Waals surface area (Å²) in [6.07, 6.45) is 1.42. The van der Waals surface area contributed by atoms with E-state index in [-0.39, 0.29) is 5.91 Å². The predicted molar refractivity (Wildman–Crippen MR) is 70.8 cm³/mol. The Hall–Kier alpha value is -1.14. The summed E-state index contributed by atoms with van der Waals surface area (Å²) in [4.78, 5) is 23.4. The molecule has 1 aliphatic heterocycles. The van der Waals surface area contributed by atoms with Gasteiger partial charge in [-0.3, -0.25) is 9.59 Å². The van der Waals surface area contributed by atoms with Crippen molar-refractivity contribution in [1.82, 2.24) is 10.6 Å². The van der Waals surface area contributed by atoms with Crippen molar-refractivity contribution in [3.8, 4) is 0 Å². The number of methoxy groups -OCH3 is 1. The molecule has 1 saturated heterocycles. The van der Waals surface area contributed by atoms with Gasteiger partial charge in [0, 0.05) is 13.2 Å². The van der Waals surface area contributed by atoms with E-state index in [4.69, 9.17) is 9.84 Å². The fourth-order valence-electron chi connectivity index (χ4n) is 2.32. The first kappa shape index (κ1) is 15.9. The van der Waals surface area contributed by atoms with Crippen LogP contribution >= 0.6 is 0 Å². The van der Waals surface area contributed by atoms with Gasteiger partial charge in [0.05, 0.1) is 17.9 Å². The van der Waals surface area contributed by atoms with Crippen molar-refractivity contribution in [2.45, 2.75) is 32.7 Å². The number of carbonyl (C=O) groups excluding carboxylic acids is 1. The van der Waals surface area contributed by atoms with Crippen molar-refractivity contribution in [2.24, 2.45) is 11.3 Å². The second kappa shape index (κ2) is 6.86. The van der Waals surface area contributed by atoms with Gasteiger partial charge in [-0.2, -0.15) is 0 Å². The van der Waals surface area contributed by atoms with Crippen LogP contribution in [0.5, 0.6) is 0 Å². The Labute approximate surface area is 113 Å². The van der Waals surface area contributed by atoms with Gasteiger partial charge < -0.3 is 20.5 Å². The molecule has 0 aromatic heterocycles. The molecule has 6 nitrogen and oxygen atoms in total. The average molecular weight is 272 g/mol. The van der Waals surface area contributed by atoms with E-state index in [0.29, 0.717) is 19.4 Å².